The Hall–Kier alpha value is -0.580. The van der Waals surface area contributed by atoms with Gasteiger partial charge in [0, 0.05) is 6.42 Å². The fraction of sp³-hybridized carbons (Fsp3) is 0.846. The van der Waals surface area contributed by atoms with Gasteiger partial charge in [-0.15, -0.1) is 12.3 Å². The van der Waals surface area contributed by atoms with Gasteiger partial charge < -0.3 is 0 Å². The smallest absolute Gasteiger partial charge is 0.206 e. The molecule has 0 aliphatic carbocycles. The Morgan fingerprint density at radius 2 is 1.73 bits per heavy atom. The van der Waals surface area contributed by atoms with Crippen molar-refractivity contribution < 1.29 is 8.78 Å². The van der Waals surface area contributed by atoms with E-state index >= 15 is 0 Å². The third-order valence-electron chi connectivity index (χ3n) is 2.68. The van der Waals surface area contributed by atoms with Crippen LogP contribution in [-0.2, 0) is 0 Å². The van der Waals surface area contributed by atoms with Crippen LogP contribution in [0.25, 0.3) is 0 Å². The molecule has 2 heteroatoms. The van der Waals surface area contributed by atoms with Crippen molar-refractivity contribution in [3.63, 3.8) is 0 Å². The quantitative estimate of drug-likeness (QED) is 0.544. The molecular weight excluding hydrogens is 194 g/mol. The van der Waals surface area contributed by atoms with Gasteiger partial charge in [-0.3, -0.25) is 0 Å². The molecule has 0 saturated carbocycles. The molecule has 0 N–H and O–H groups in total. The Balaban J connectivity index is 3.83. The molecule has 0 nitrogen and oxygen atoms in total. The fourth-order valence-corrected chi connectivity index (χ4v) is 1.87. The molecule has 0 atom stereocenters. The van der Waals surface area contributed by atoms with Crippen molar-refractivity contribution in [2.45, 2.75) is 65.2 Å². The molecule has 0 aromatic heterocycles. The minimum Gasteiger partial charge on any atom is -0.206 e. The van der Waals surface area contributed by atoms with Gasteiger partial charge in [-0.05, 0) is 24.7 Å². The molecule has 0 heterocycles. The van der Waals surface area contributed by atoms with E-state index in [1.165, 1.54) is 0 Å². The van der Waals surface area contributed by atoms with Crippen LogP contribution in [0.15, 0.2) is 0 Å². The molecule has 0 bridgehead atoms. The van der Waals surface area contributed by atoms with Gasteiger partial charge in [0.25, 0.3) is 5.92 Å². The lowest BCUT2D eigenvalue weighted by Gasteiger charge is -2.24. The van der Waals surface area contributed by atoms with Crippen molar-refractivity contribution in [2.24, 2.45) is 5.41 Å². The van der Waals surface area contributed by atoms with Crippen LogP contribution >= 0.6 is 0 Å². The van der Waals surface area contributed by atoms with Crippen molar-refractivity contribution in [2.75, 3.05) is 0 Å². The number of hydrogen-bond donors (Lipinski definition) is 0. The lowest BCUT2D eigenvalue weighted by molar-refractivity contribution is -0.00683. The zero-order chi connectivity index (χ0) is 11.9. The summed E-state index contributed by atoms with van der Waals surface area (Å²) in [5, 5.41) is 0. The standard InChI is InChI=1S/C13H22F2/c1-5-8-12(3,4)10-7-11-13(14,15)9-6-2/h2H,5,7-11H2,1,3-4H3. The van der Waals surface area contributed by atoms with Crippen LogP contribution < -0.4 is 0 Å². The topological polar surface area (TPSA) is 0 Å². The molecule has 0 aliphatic rings. The Morgan fingerprint density at radius 1 is 1.13 bits per heavy atom. The van der Waals surface area contributed by atoms with Crippen LogP contribution in [0, 0.1) is 17.8 Å². The van der Waals surface area contributed by atoms with E-state index in [0.717, 1.165) is 19.3 Å². The summed E-state index contributed by atoms with van der Waals surface area (Å²) in [5.41, 5.74) is 0.182. The third-order valence-corrected chi connectivity index (χ3v) is 2.68. The van der Waals surface area contributed by atoms with E-state index in [1.807, 2.05) is 5.92 Å². The van der Waals surface area contributed by atoms with Gasteiger partial charge >= 0.3 is 0 Å². The summed E-state index contributed by atoms with van der Waals surface area (Å²) in [4.78, 5) is 0. The SMILES string of the molecule is C#CCC(F)(F)CCCC(C)(C)CCC. The van der Waals surface area contributed by atoms with E-state index in [-0.39, 0.29) is 11.8 Å². The van der Waals surface area contributed by atoms with E-state index in [2.05, 4.69) is 20.8 Å². The van der Waals surface area contributed by atoms with Crippen molar-refractivity contribution in [1.82, 2.24) is 0 Å². The van der Waals surface area contributed by atoms with Crippen LogP contribution in [0.5, 0.6) is 0 Å². The van der Waals surface area contributed by atoms with E-state index in [4.69, 9.17) is 6.42 Å². The second kappa shape index (κ2) is 6.10. The minimum atomic E-state index is -2.67. The Labute approximate surface area is 92.4 Å². The van der Waals surface area contributed by atoms with Gasteiger partial charge in [0.1, 0.15) is 0 Å². The first kappa shape index (κ1) is 14.4. The molecule has 0 aromatic carbocycles. The number of rotatable bonds is 7. The monoisotopic (exact) mass is 216 g/mol. The first-order valence-corrected chi connectivity index (χ1v) is 5.64. The lowest BCUT2D eigenvalue weighted by atomic mass is 9.82. The molecule has 0 spiro atoms. The Bertz CT molecular complexity index is 211. The molecule has 0 amide bonds. The van der Waals surface area contributed by atoms with Crippen LogP contribution in [0.4, 0.5) is 8.78 Å². The Morgan fingerprint density at radius 3 is 2.20 bits per heavy atom. The van der Waals surface area contributed by atoms with Gasteiger partial charge in [0.05, 0.1) is 6.42 Å². The summed E-state index contributed by atoms with van der Waals surface area (Å²) in [5.74, 6) is -0.639. The maximum Gasteiger partial charge on any atom is 0.258 e. The zero-order valence-corrected chi connectivity index (χ0v) is 10.1. The highest BCUT2D eigenvalue weighted by Crippen LogP contribution is 2.32. The molecule has 0 saturated heterocycles. The molecule has 0 aromatic rings. The number of alkyl halides is 2. The molecule has 15 heavy (non-hydrogen) atoms. The third kappa shape index (κ3) is 7.36. The molecule has 0 fully saturated rings. The number of hydrogen-bond acceptors (Lipinski definition) is 0. The largest absolute Gasteiger partial charge is 0.258 e. The minimum absolute atomic E-state index is 0.0790. The lowest BCUT2D eigenvalue weighted by Crippen LogP contribution is -2.17. The van der Waals surface area contributed by atoms with Crippen molar-refractivity contribution in [3.05, 3.63) is 0 Å². The van der Waals surface area contributed by atoms with Gasteiger partial charge in [0.15, 0.2) is 0 Å². The second-order valence-corrected chi connectivity index (χ2v) is 5.00. The number of terminal acetylenes is 1. The van der Waals surface area contributed by atoms with E-state index in [1.54, 1.807) is 0 Å². The van der Waals surface area contributed by atoms with Crippen LogP contribution in [0.3, 0.4) is 0 Å². The summed E-state index contributed by atoms with van der Waals surface area (Å²) in [6, 6.07) is 0. The normalized spacial score (nSPS) is 12.5. The maximum atomic E-state index is 13.0. The van der Waals surface area contributed by atoms with Gasteiger partial charge in [0.2, 0.25) is 0 Å². The first-order chi connectivity index (χ1) is 6.83. The van der Waals surface area contributed by atoms with Crippen molar-refractivity contribution in [1.29, 1.82) is 0 Å². The van der Waals surface area contributed by atoms with Gasteiger partial charge in [-0.1, -0.05) is 27.2 Å². The maximum absolute atomic E-state index is 13.0. The molecule has 0 aliphatic heterocycles. The highest BCUT2D eigenvalue weighted by molar-refractivity contribution is 4.90. The van der Waals surface area contributed by atoms with Crippen molar-refractivity contribution >= 4 is 0 Å². The summed E-state index contributed by atoms with van der Waals surface area (Å²) in [6.07, 6.45) is 7.98. The van der Waals surface area contributed by atoms with Gasteiger partial charge in [-0.25, -0.2) is 8.78 Å². The van der Waals surface area contributed by atoms with E-state index in [9.17, 15) is 8.78 Å². The van der Waals surface area contributed by atoms with Crippen molar-refractivity contribution in [3.8, 4) is 12.3 Å². The predicted octanol–water partition coefficient (Wildman–Crippen LogP) is 4.64. The zero-order valence-electron chi connectivity index (χ0n) is 10.1. The van der Waals surface area contributed by atoms with Crippen LogP contribution in [-0.4, -0.2) is 5.92 Å². The molecule has 0 unspecified atom stereocenters. The van der Waals surface area contributed by atoms with Crippen LogP contribution in [0.1, 0.15) is 59.3 Å². The highest BCUT2D eigenvalue weighted by Gasteiger charge is 2.28. The summed E-state index contributed by atoms with van der Waals surface area (Å²) in [7, 11) is 0. The van der Waals surface area contributed by atoms with Gasteiger partial charge in [-0.2, -0.15) is 0 Å². The van der Waals surface area contributed by atoms with E-state index < -0.39 is 12.3 Å². The van der Waals surface area contributed by atoms with E-state index in [0.29, 0.717) is 6.42 Å². The first-order valence-electron chi connectivity index (χ1n) is 5.64. The molecule has 88 valence electrons. The fourth-order valence-electron chi connectivity index (χ4n) is 1.87. The highest BCUT2D eigenvalue weighted by atomic mass is 19.3. The second-order valence-electron chi connectivity index (χ2n) is 5.00. The molecule has 0 rings (SSSR count). The number of halogens is 2. The molecule has 0 radical (unpaired) electrons. The molecular formula is C13H22F2. The predicted molar refractivity (Wildman–Crippen MR) is 60.9 cm³/mol. The summed E-state index contributed by atoms with van der Waals surface area (Å²) in [6.45, 7) is 6.39. The summed E-state index contributed by atoms with van der Waals surface area (Å²) >= 11 is 0. The Kier molecular flexibility index (Phi) is 5.87. The average Bonchev–Trinajstić information content (AvgIpc) is 2.02. The average molecular weight is 216 g/mol. The van der Waals surface area contributed by atoms with Crippen LogP contribution in [0.2, 0.25) is 0 Å². The summed E-state index contributed by atoms with van der Waals surface area (Å²) < 4.78 is 26.1.